The number of hydrogen-bond acceptors (Lipinski definition) is 2. The van der Waals surface area contributed by atoms with E-state index in [1.54, 1.807) is 0 Å². The zero-order chi connectivity index (χ0) is 39.5. The zero-order valence-corrected chi connectivity index (χ0v) is 34.1. The summed E-state index contributed by atoms with van der Waals surface area (Å²) >= 11 is 1.88. The first-order valence-corrected chi connectivity index (χ1v) is 21.6. The number of thiophene rings is 1. The van der Waals surface area contributed by atoms with E-state index in [0.29, 0.717) is 0 Å². The van der Waals surface area contributed by atoms with Gasteiger partial charge in [0.15, 0.2) is 0 Å². The van der Waals surface area contributed by atoms with E-state index in [1.165, 1.54) is 86.9 Å². The Morgan fingerprint density at radius 1 is 0.458 bits per heavy atom. The summed E-state index contributed by atoms with van der Waals surface area (Å²) in [5.74, 6) is 0. The molecule has 0 bridgehead atoms. The van der Waals surface area contributed by atoms with E-state index in [0.717, 1.165) is 29.9 Å². The van der Waals surface area contributed by atoms with E-state index in [-0.39, 0.29) is 5.41 Å². The van der Waals surface area contributed by atoms with Crippen LogP contribution in [0.4, 0.5) is 17.1 Å². The number of rotatable bonds is 7. The molecule has 0 unspecified atom stereocenters. The molecule has 0 radical (unpaired) electrons. The standard InChI is InChI=1S/C57H43NS/c1-57(2)52-28-13-10-23-47(52)51-37-41(35-36-53(51)57)58(40-33-31-39(32-34-40)43-26-16-27-50-49-25-12-15-30-55(49)59-56(43)50)54-29-14-11-24-48(54)46-22-9-8-21-45(46)44-20-7-6-19-42(44)38-17-4-3-5-18-38/h4,6-37H,3,5H2,1-2H3. The van der Waals surface area contributed by atoms with Crippen molar-refractivity contribution in [3.63, 3.8) is 0 Å². The molecule has 11 rings (SSSR count). The molecular weight excluding hydrogens is 731 g/mol. The van der Waals surface area contributed by atoms with E-state index in [2.05, 4.69) is 219 Å². The van der Waals surface area contributed by atoms with Crippen LogP contribution in [0.2, 0.25) is 0 Å². The maximum atomic E-state index is 2.47. The molecular formula is C57H43NS. The third-order valence-electron chi connectivity index (χ3n) is 12.6. The van der Waals surface area contributed by atoms with Gasteiger partial charge in [-0.3, -0.25) is 0 Å². The topological polar surface area (TPSA) is 3.24 Å². The summed E-state index contributed by atoms with van der Waals surface area (Å²) in [7, 11) is 0. The summed E-state index contributed by atoms with van der Waals surface area (Å²) in [5.41, 5.74) is 18.6. The van der Waals surface area contributed by atoms with Gasteiger partial charge in [0.25, 0.3) is 0 Å². The Morgan fingerprint density at radius 3 is 1.83 bits per heavy atom. The second-order valence-corrected chi connectivity index (χ2v) is 17.4. The first kappa shape index (κ1) is 35.4. The van der Waals surface area contributed by atoms with Crippen LogP contribution in [0.1, 0.15) is 43.4 Å². The monoisotopic (exact) mass is 773 g/mol. The van der Waals surface area contributed by atoms with Crippen molar-refractivity contribution in [2.45, 2.75) is 32.1 Å². The number of nitrogens with zero attached hydrogens (tertiary/aromatic N) is 1. The lowest BCUT2D eigenvalue weighted by atomic mass is 9.82. The highest BCUT2D eigenvalue weighted by Crippen LogP contribution is 2.52. The molecule has 0 fully saturated rings. The predicted molar refractivity (Wildman–Crippen MR) is 254 cm³/mol. The van der Waals surface area contributed by atoms with Crippen molar-refractivity contribution in [3.8, 4) is 44.5 Å². The molecule has 2 heteroatoms. The summed E-state index contributed by atoms with van der Waals surface area (Å²) in [6, 6.07) is 67.6. The molecule has 1 aromatic heterocycles. The molecule has 1 nitrogen and oxygen atoms in total. The molecule has 0 aliphatic heterocycles. The fourth-order valence-corrected chi connectivity index (χ4v) is 10.9. The zero-order valence-electron chi connectivity index (χ0n) is 33.3. The van der Waals surface area contributed by atoms with Gasteiger partial charge >= 0.3 is 0 Å². The van der Waals surface area contributed by atoms with E-state index in [9.17, 15) is 0 Å². The molecule has 9 aromatic rings. The minimum atomic E-state index is -0.0717. The predicted octanol–water partition coefficient (Wildman–Crippen LogP) is 16.6. The van der Waals surface area contributed by atoms with E-state index in [1.807, 2.05) is 11.3 Å². The van der Waals surface area contributed by atoms with Crippen molar-refractivity contribution in [1.29, 1.82) is 0 Å². The van der Waals surface area contributed by atoms with Crippen LogP contribution in [-0.2, 0) is 5.41 Å². The minimum absolute atomic E-state index is 0.0717. The average Bonchev–Trinajstić information content (AvgIpc) is 3.79. The van der Waals surface area contributed by atoms with Gasteiger partial charge < -0.3 is 4.90 Å². The molecule has 0 atom stereocenters. The Bertz CT molecular complexity index is 3140. The van der Waals surface area contributed by atoms with Crippen molar-refractivity contribution >= 4 is 54.1 Å². The average molecular weight is 774 g/mol. The van der Waals surface area contributed by atoms with Crippen LogP contribution in [0.5, 0.6) is 0 Å². The molecule has 8 aromatic carbocycles. The van der Waals surface area contributed by atoms with Gasteiger partial charge in [0.2, 0.25) is 0 Å². The first-order valence-electron chi connectivity index (χ1n) is 20.7. The summed E-state index contributed by atoms with van der Waals surface area (Å²) in [5, 5.41) is 2.64. The van der Waals surface area contributed by atoms with Crippen LogP contribution in [-0.4, -0.2) is 0 Å². The highest BCUT2D eigenvalue weighted by Gasteiger charge is 2.35. The smallest absolute Gasteiger partial charge is 0.0540 e. The highest BCUT2D eigenvalue weighted by atomic mass is 32.1. The summed E-state index contributed by atoms with van der Waals surface area (Å²) in [6.45, 7) is 4.71. The molecule has 59 heavy (non-hydrogen) atoms. The van der Waals surface area contributed by atoms with Crippen molar-refractivity contribution in [1.82, 2.24) is 0 Å². The second-order valence-electron chi connectivity index (χ2n) is 16.3. The van der Waals surface area contributed by atoms with Crippen LogP contribution in [0.3, 0.4) is 0 Å². The SMILES string of the molecule is CC1(C)c2ccccc2-c2cc(N(c3ccc(-c4cccc5c4sc4ccccc45)cc3)c3ccccc3-c3ccccc3-c3ccccc3C3=CCCC=C3)ccc21. The Hall–Kier alpha value is -6.74. The van der Waals surface area contributed by atoms with Crippen LogP contribution >= 0.6 is 11.3 Å². The number of anilines is 3. The van der Waals surface area contributed by atoms with Crippen LogP contribution in [0.15, 0.2) is 200 Å². The lowest BCUT2D eigenvalue weighted by Gasteiger charge is -2.30. The summed E-state index contributed by atoms with van der Waals surface area (Å²) in [6.07, 6.45) is 9.14. The van der Waals surface area contributed by atoms with Gasteiger partial charge in [0.05, 0.1) is 5.69 Å². The maximum absolute atomic E-state index is 2.47. The Labute approximate surface area is 350 Å². The molecule has 0 spiro atoms. The summed E-state index contributed by atoms with van der Waals surface area (Å²) in [4.78, 5) is 2.47. The number of allylic oxidation sites excluding steroid dienone is 4. The maximum Gasteiger partial charge on any atom is 0.0540 e. The van der Waals surface area contributed by atoms with Gasteiger partial charge in [-0.15, -0.1) is 11.3 Å². The molecule has 2 aliphatic rings. The summed E-state index contributed by atoms with van der Waals surface area (Å²) < 4.78 is 2.66. The molecule has 0 saturated carbocycles. The largest absolute Gasteiger partial charge is 0.310 e. The Morgan fingerprint density at radius 2 is 1.05 bits per heavy atom. The van der Waals surface area contributed by atoms with Gasteiger partial charge in [0, 0.05) is 42.5 Å². The van der Waals surface area contributed by atoms with Crippen molar-refractivity contribution in [2.75, 3.05) is 4.90 Å². The fourth-order valence-electron chi connectivity index (χ4n) is 9.67. The number of benzene rings is 8. The van der Waals surface area contributed by atoms with Crippen molar-refractivity contribution in [2.24, 2.45) is 0 Å². The van der Waals surface area contributed by atoms with Gasteiger partial charge in [-0.1, -0.05) is 178 Å². The third kappa shape index (κ3) is 5.89. The van der Waals surface area contributed by atoms with E-state index >= 15 is 0 Å². The third-order valence-corrected chi connectivity index (χ3v) is 13.8. The lowest BCUT2D eigenvalue weighted by molar-refractivity contribution is 0.660. The van der Waals surface area contributed by atoms with E-state index in [4.69, 9.17) is 0 Å². The van der Waals surface area contributed by atoms with Crippen LogP contribution in [0, 0.1) is 0 Å². The fraction of sp³-hybridized carbons (Fsp3) is 0.0877. The quantitative estimate of drug-likeness (QED) is 0.156. The Kier molecular flexibility index (Phi) is 8.57. The minimum Gasteiger partial charge on any atom is -0.310 e. The van der Waals surface area contributed by atoms with Crippen molar-refractivity contribution in [3.05, 3.63) is 217 Å². The molecule has 0 saturated heterocycles. The van der Waals surface area contributed by atoms with Gasteiger partial charge in [-0.05, 0) is 110 Å². The second kappa shape index (κ2) is 14.3. The van der Waals surface area contributed by atoms with Gasteiger partial charge in [0.1, 0.15) is 0 Å². The first-order chi connectivity index (χ1) is 29.0. The highest BCUT2D eigenvalue weighted by molar-refractivity contribution is 7.26. The molecule has 0 amide bonds. The van der Waals surface area contributed by atoms with Crippen molar-refractivity contribution < 1.29 is 0 Å². The molecule has 0 N–H and O–H groups in total. The Balaban J connectivity index is 1.10. The number of fused-ring (bicyclic) bond motifs is 6. The number of hydrogen-bond donors (Lipinski definition) is 0. The van der Waals surface area contributed by atoms with Gasteiger partial charge in [-0.2, -0.15) is 0 Å². The number of para-hydroxylation sites is 1. The molecule has 282 valence electrons. The molecule has 1 heterocycles. The lowest BCUT2D eigenvalue weighted by Crippen LogP contribution is -2.15. The van der Waals surface area contributed by atoms with Gasteiger partial charge in [-0.25, -0.2) is 0 Å². The molecule has 2 aliphatic carbocycles. The van der Waals surface area contributed by atoms with Crippen LogP contribution < -0.4 is 4.90 Å². The van der Waals surface area contributed by atoms with Crippen LogP contribution in [0.25, 0.3) is 70.3 Å². The normalized spacial score (nSPS) is 14.0. The van der Waals surface area contributed by atoms with E-state index < -0.39 is 0 Å².